The molecule has 38 heavy (non-hydrogen) atoms. The molecule has 0 spiro atoms. The van der Waals surface area contributed by atoms with Crippen LogP contribution < -0.4 is 15.4 Å². The van der Waals surface area contributed by atoms with E-state index in [4.69, 9.17) is 16.3 Å². The molecule has 2 saturated carbocycles. The van der Waals surface area contributed by atoms with Crippen LogP contribution in [-0.4, -0.2) is 71.1 Å². The molecule has 3 N–H and O–H groups in total. The average molecular weight is 575 g/mol. The van der Waals surface area contributed by atoms with E-state index >= 15 is 0 Å². The second-order valence-electron chi connectivity index (χ2n) is 12.5. The van der Waals surface area contributed by atoms with Gasteiger partial charge in [0.2, 0.25) is 11.8 Å². The van der Waals surface area contributed by atoms with Crippen LogP contribution in [0.5, 0.6) is 0 Å². The molecule has 0 aromatic heterocycles. The molecule has 2 aliphatic carbocycles. The number of alkyl carbamates (subject to hydrolysis) is 1. The molecule has 13 heteroatoms. The highest BCUT2D eigenvalue weighted by atomic mass is 35.5. The lowest BCUT2D eigenvalue weighted by Gasteiger charge is -2.36. The predicted molar refractivity (Wildman–Crippen MR) is 141 cm³/mol. The third kappa shape index (κ3) is 6.27. The molecule has 11 nitrogen and oxygen atoms in total. The van der Waals surface area contributed by atoms with Gasteiger partial charge in [0, 0.05) is 12.5 Å². The van der Waals surface area contributed by atoms with Crippen molar-refractivity contribution in [1.29, 1.82) is 0 Å². The number of rotatable bonds is 8. The summed E-state index contributed by atoms with van der Waals surface area (Å²) in [5.74, 6) is -2.38. The first-order chi connectivity index (χ1) is 17.3. The van der Waals surface area contributed by atoms with Crippen molar-refractivity contribution >= 4 is 45.4 Å². The largest absolute Gasteiger partial charge is 0.444 e. The number of carbonyl (C=O) groups excluding carboxylic acids is 4. The molecule has 4 amide bonds. The minimum absolute atomic E-state index is 0.171. The lowest BCUT2D eigenvalue weighted by Crippen LogP contribution is -2.60. The Morgan fingerprint density at radius 1 is 1.13 bits per heavy atom. The lowest BCUT2D eigenvalue weighted by molar-refractivity contribution is -0.142. The van der Waals surface area contributed by atoms with Crippen LogP contribution in [0.1, 0.15) is 73.6 Å². The van der Waals surface area contributed by atoms with Crippen molar-refractivity contribution < 1.29 is 32.3 Å². The topological polar surface area (TPSA) is 151 Å². The van der Waals surface area contributed by atoms with E-state index in [1.807, 2.05) is 4.72 Å². The van der Waals surface area contributed by atoms with Gasteiger partial charge >= 0.3 is 6.09 Å². The van der Waals surface area contributed by atoms with E-state index in [2.05, 4.69) is 17.2 Å². The molecule has 0 bridgehead atoms. The maximum absolute atomic E-state index is 13.6. The van der Waals surface area contributed by atoms with Gasteiger partial charge in [-0.2, -0.15) is 0 Å². The molecule has 0 aromatic carbocycles. The zero-order valence-electron chi connectivity index (χ0n) is 22.9. The summed E-state index contributed by atoms with van der Waals surface area (Å²) in [7, 11) is -4.13. The van der Waals surface area contributed by atoms with E-state index in [0.717, 1.165) is 0 Å². The van der Waals surface area contributed by atoms with Gasteiger partial charge < -0.3 is 20.3 Å². The average Bonchev–Trinajstić information content (AvgIpc) is 3.62. The molecule has 3 rings (SSSR count). The highest BCUT2D eigenvalue weighted by molar-refractivity contribution is 7.93. The van der Waals surface area contributed by atoms with Gasteiger partial charge in [0.05, 0.1) is 0 Å². The van der Waals surface area contributed by atoms with Gasteiger partial charge in [-0.05, 0) is 58.3 Å². The van der Waals surface area contributed by atoms with Crippen molar-refractivity contribution in [2.75, 3.05) is 6.54 Å². The van der Waals surface area contributed by atoms with E-state index < -0.39 is 72.6 Å². The fourth-order valence-corrected chi connectivity index (χ4v) is 6.01. The number of alkyl halides is 1. The highest BCUT2D eigenvalue weighted by Gasteiger charge is 2.63. The Kier molecular flexibility index (Phi) is 7.95. The first kappa shape index (κ1) is 30.2. The van der Waals surface area contributed by atoms with E-state index in [9.17, 15) is 27.6 Å². The Balaban J connectivity index is 1.76. The van der Waals surface area contributed by atoms with Gasteiger partial charge in [-0.1, -0.05) is 38.4 Å². The van der Waals surface area contributed by atoms with Crippen LogP contribution in [0.3, 0.4) is 0 Å². The van der Waals surface area contributed by atoms with Crippen molar-refractivity contribution in [1.82, 2.24) is 20.3 Å². The fraction of sp³-hybridized carbons (Fsp3) is 0.760. The number of ether oxygens (including phenoxy) is 1. The third-order valence-electron chi connectivity index (χ3n) is 7.02. The Bertz CT molecular complexity index is 1120. The second kappa shape index (κ2) is 10.0. The number of hydrogen-bond donors (Lipinski definition) is 3. The highest BCUT2D eigenvalue weighted by Crippen LogP contribution is 2.49. The van der Waals surface area contributed by atoms with Crippen molar-refractivity contribution in [3.05, 3.63) is 12.7 Å². The molecule has 3 aliphatic rings. The predicted octanol–water partition coefficient (Wildman–Crippen LogP) is 2.15. The number of carbonyl (C=O) groups is 4. The Morgan fingerprint density at radius 2 is 1.74 bits per heavy atom. The Morgan fingerprint density at radius 3 is 2.21 bits per heavy atom. The van der Waals surface area contributed by atoms with Crippen molar-refractivity contribution in [3.8, 4) is 0 Å². The summed E-state index contributed by atoms with van der Waals surface area (Å²) in [5, 5.41) is 5.35. The summed E-state index contributed by atoms with van der Waals surface area (Å²) in [5.41, 5.74) is -2.95. The molecule has 1 aliphatic heterocycles. The van der Waals surface area contributed by atoms with Crippen molar-refractivity contribution in [2.45, 2.75) is 101 Å². The van der Waals surface area contributed by atoms with Gasteiger partial charge in [0.25, 0.3) is 15.9 Å². The van der Waals surface area contributed by atoms with Crippen LogP contribution in [0.4, 0.5) is 4.79 Å². The maximum atomic E-state index is 13.6. The summed E-state index contributed by atoms with van der Waals surface area (Å²) >= 11 is 6.03. The summed E-state index contributed by atoms with van der Waals surface area (Å²) < 4.78 is 30.9. The van der Waals surface area contributed by atoms with Crippen LogP contribution in [0, 0.1) is 11.3 Å². The smallest absolute Gasteiger partial charge is 0.408 e. The molecule has 4 atom stereocenters. The van der Waals surface area contributed by atoms with Gasteiger partial charge in [-0.15, -0.1) is 6.58 Å². The Labute approximate surface area is 229 Å². The third-order valence-corrected chi connectivity index (χ3v) is 9.83. The number of nitrogens with zero attached hydrogens (tertiary/aromatic N) is 1. The molecule has 0 aromatic rings. The summed E-state index contributed by atoms with van der Waals surface area (Å²) in [6.07, 6.45) is 2.25. The minimum Gasteiger partial charge on any atom is -0.444 e. The molecule has 1 saturated heterocycles. The van der Waals surface area contributed by atoms with Gasteiger partial charge in [-0.3, -0.25) is 14.4 Å². The normalized spacial score (nSPS) is 27.1. The summed E-state index contributed by atoms with van der Waals surface area (Å²) in [6.45, 7) is 14.5. The van der Waals surface area contributed by atoms with E-state index in [-0.39, 0.29) is 25.8 Å². The van der Waals surface area contributed by atoms with E-state index in [0.29, 0.717) is 12.8 Å². The van der Waals surface area contributed by atoms with Crippen LogP contribution in [0.15, 0.2) is 12.7 Å². The molecule has 3 fully saturated rings. The van der Waals surface area contributed by atoms with E-state index in [1.165, 1.54) is 11.0 Å². The van der Waals surface area contributed by atoms with Crippen LogP contribution in [0.25, 0.3) is 0 Å². The zero-order valence-corrected chi connectivity index (χ0v) is 24.4. The standard InChI is InChI=1S/C25H39ClN4O7S/c1-8-15-14-25(15,20(33)29-38(35,36)24(26)11-12-24)28-18(31)16-10-9-13-30(16)19(32)17(22(2,3)4)27-21(34)37-23(5,6)7/h8,15-17H,1,9-14H2,2-7H3,(H,27,34)(H,28,31)(H,29,33)/t15-,16+,17-,25-/m1/s1. The molecule has 0 radical (unpaired) electrons. The second-order valence-corrected chi connectivity index (χ2v) is 15.4. The van der Waals surface area contributed by atoms with Crippen molar-refractivity contribution in [3.63, 3.8) is 0 Å². The number of sulfonamides is 1. The quantitative estimate of drug-likeness (QED) is 0.297. The minimum atomic E-state index is -4.13. The molecular formula is C25H39ClN4O7S. The summed E-state index contributed by atoms with van der Waals surface area (Å²) in [6, 6.07) is -1.88. The molecular weight excluding hydrogens is 536 g/mol. The maximum Gasteiger partial charge on any atom is 0.408 e. The number of hydrogen-bond acceptors (Lipinski definition) is 7. The molecule has 0 unspecified atom stereocenters. The number of likely N-dealkylation sites (tertiary alicyclic amines) is 1. The van der Waals surface area contributed by atoms with Crippen LogP contribution in [0.2, 0.25) is 0 Å². The first-order valence-electron chi connectivity index (χ1n) is 12.8. The number of amides is 4. The monoisotopic (exact) mass is 574 g/mol. The molecule has 1 heterocycles. The van der Waals surface area contributed by atoms with Gasteiger partial charge in [0.15, 0.2) is 4.21 Å². The van der Waals surface area contributed by atoms with Crippen LogP contribution in [-0.2, 0) is 29.1 Å². The summed E-state index contributed by atoms with van der Waals surface area (Å²) in [4.78, 5) is 54.0. The van der Waals surface area contributed by atoms with Gasteiger partial charge in [0.1, 0.15) is 23.2 Å². The molecule has 214 valence electrons. The first-order valence-corrected chi connectivity index (χ1v) is 14.6. The number of nitrogens with one attached hydrogen (secondary N) is 3. The van der Waals surface area contributed by atoms with Crippen LogP contribution >= 0.6 is 11.6 Å². The van der Waals surface area contributed by atoms with E-state index in [1.54, 1.807) is 41.5 Å². The lowest BCUT2D eigenvalue weighted by atomic mass is 9.85. The van der Waals surface area contributed by atoms with Gasteiger partial charge in [-0.25, -0.2) is 17.9 Å². The number of halogens is 1. The Hall–Kier alpha value is -2.34. The fourth-order valence-electron chi connectivity index (χ4n) is 4.55. The zero-order chi connectivity index (χ0) is 28.9. The SMILES string of the molecule is C=C[C@@H]1C[C@]1(NC(=O)[C@@H]1CCCN1C(=O)[C@@H](NC(=O)OC(C)(C)C)C(C)(C)C)C(=O)NS(=O)(=O)C1(Cl)CC1. The van der Waals surface area contributed by atoms with Crippen molar-refractivity contribution in [2.24, 2.45) is 11.3 Å².